The van der Waals surface area contributed by atoms with Gasteiger partial charge in [-0.25, -0.2) is 9.18 Å². The van der Waals surface area contributed by atoms with E-state index in [0.717, 1.165) is 12.0 Å². The summed E-state index contributed by atoms with van der Waals surface area (Å²) in [7, 11) is 0. The number of hydrogen-bond acceptors (Lipinski definition) is 2. The van der Waals surface area contributed by atoms with E-state index in [9.17, 15) is 9.18 Å². The van der Waals surface area contributed by atoms with Crippen molar-refractivity contribution in [2.75, 3.05) is 0 Å². The fourth-order valence-electron chi connectivity index (χ4n) is 1.92. The average Bonchev–Trinajstić information content (AvgIpc) is 2.98. The van der Waals surface area contributed by atoms with Crippen molar-refractivity contribution in [1.29, 1.82) is 0 Å². The molecule has 0 aliphatic heterocycles. The molecule has 3 nitrogen and oxygen atoms in total. The summed E-state index contributed by atoms with van der Waals surface area (Å²) in [6.07, 6.45) is 0.356. The predicted octanol–water partition coefficient (Wildman–Crippen LogP) is 3.86. The smallest absolute Gasteiger partial charge is 0.407 e. The second-order valence-corrected chi connectivity index (χ2v) is 6.18. The molecule has 1 aliphatic rings. The first-order chi connectivity index (χ1) is 8.76. The Labute approximate surface area is 117 Å². The topological polar surface area (TPSA) is 38.3 Å². The van der Waals surface area contributed by atoms with Crippen molar-refractivity contribution in [3.05, 3.63) is 34.6 Å². The molecule has 5 heteroatoms. The monoisotopic (exact) mass is 285 g/mol. The number of carbonyl (C=O) groups is 1. The van der Waals surface area contributed by atoms with Gasteiger partial charge < -0.3 is 10.1 Å². The second-order valence-electron chi connectivity index (χ2n) is 5.77. The van der Waals surface area contributed by atoms with Crippen LogP contribution >= 0.6 is 11.6 Å². The first kappa shape index (κ1) is 14.1. The van der Waals surface area contributed by atoms with Crippen molar-refractivity contribution in [2.45, 2.75) is 44.8 Å². The molecule has 1 aromatic rings. The van der Waals surface area contributed by atoms with Gasteiger partial charge in [0.1, 0.15) is 11.4 Å². The largest absolute Gasteiger partial charge is 0.444 e. The van der Waals surface area contributed by atoms with Crippen LogP contribution < -0.4 is 5.32 Å². The zero-order valence-electron chi connectivity index (χ0n) is 11.2. The van der Waals surface area contributed by atoms with Crippen molar-refractivity contribution < 1.29 is 13.9 Å². The maximum Gasteiger partial charge on any atom is 0.407 e. The summed E-state index contributed by atoms with van der Waals surface area (Å²) < 4.78 is 18.5. The van der Waals surface area contributed by atoms with Gasteiger partial charge in [0.2, 0.25) is 0 Å². The van der Waals surface area contributed by atoms with E-state index in [4.69, 9.17) is 16.3 Å². The van der Waals surface area contributed by atoms with Crippen LogP contribution in [-0.4, -0.2) is 17.7 Å². The van der Waals surface area contributed by atoms with E-state index in [1.807, 2.05) is 20.8 Å². The highest BCUT2D eigenvalue weighted by Gasteiger charge is 2.40. The zero-order valence-corrected chi connectivity index (χ0v) is 11.9. The number of nitrogens with one attached hydrogen (secondary N) is 1. The third-order valence-electron chi connectivity index (χ3n) is 2.86. The average molecular weight is 286 g/mol. The molecule has 0 aromatic heterocycles. The number of rotatable bonds is 2. The molecule has 1 fully saturated rings. The van der Waals surface area contributed by atoms with Gasteiger partial charge in [-0.05, 0) is 44.9 Å². The van der Waals surface area contributed by atoms with Gasteiger partial charge in [0.15, 0.2) is 0 Å². The number of carbonyl (C=O) groups excluding carboxylic acids is 1. The SMILES string of the molecule is CC(C)(C)OC(=O)N[C@@H]1C[C@H]1c1ccc(Cl)c(F)c1. The normalized spacial score (nSPS) is 21.9. The van der Waals surface area contributed by atoms with Crippen LogP contribution in [0.2, 0.25) is 5.02 Å². The zero-order chi connectivity index (χ0) is 14.2. The van der Waals surface area contributed by atoms with E-state index >= 15 is 0 Å². The fourth-order valence-corrected chi connectivity index (χ4v) is 2.04. The minimum atomic E-state index is -0.513. The molecule has 0 radical (unpaired) electrons. The Hall–Kier alpha value is -1.29. The number of benzene rings is 1. The molecule has 1 aliphatic carbocycles. The van der Waals surface area contributed by atoms with Crippen molar-refractivity contribution >= 4 is 17.7 Å². The first-order valence-corrected chi connectivity index (χ1v) is 6.58. The Morgan fingerprint density at radius 3 is 2.74 bits per heavy atom. The van der Waals surface area contributed by atoms with Crippen LogP contribution in [0.1, 0.15) is 38.7 Å². The summed E-state index contributed by atoms with van der Waals surface area (Å²) >= 11 is 5.63. The Balaban J connectivity index is 1.90. The van der Waals surface area contributed by atoms with E-state index in [2.05, 4.69) is 5.32 Å². The molecule has 1 aromatic carbocycles. The third-order valence-corrected chi connectivity index (χ3v) is 3.17. The lowest BCUT2D eigenvalue weighted by molar-refractivity contribution is 0.0523. The highest BCUT2D eigenvalue weighted by molar-refractivity contribution is 6.30. The van der Waals surface area contributed by atoms with E-state index in [1.54, 1.807) is 6.07 Å². The number of amides is 1. The molecule has 0 bridgehead atoms. The number of alkyl carbamates (subject to hydrolysis) is 1. The molecule has 19 heavy (non-hydrogen) atoms. The van der Waals surface area contributed by atoms with Crippen LogP contribution in [0, 0.1) is 5.82 Å². The highest BCUT2D eigenvalue weighted by atomic mass is 35.5. The summed E-state index contributed by atoms with van der Waals surface area (Å²) in [5.41, 5.74) is 0.337. The van der Waals surface area contributed by atoms with Gasteiger partial charge in [-0.3, -0.25) is 0 Å². The van der Waals surface area contributed by atoms with E-state index < -0.39 is 17.5 Å². The van der Waals surface area contributed by atoms with Gasteiger partial charge in [0.05, 0.1) is 5.02 Å². The molecule has 104 valence electrons. The van der Waals surface area contributed by atoms with Gasteiger partial charge in [-0.15, -0.1) is 0 Å². The molecule has 2 atom stereocenters. The van der Waals surface area contributed by atoms with E-state index in [-0.39, 0.29) is 17.0 Å². The van der Waals surface area contributed by atoms with Crippen molar-refractivity contribution in [1.82, 2.24) is 5.32 Å². The summed E-state index contributed by atoms with van der Waals surface area (Å²) in [6.45, 7) is 5.43. The summed E-state index contributed by atoms with van der Waals surface area (Å²) in [5, 5.41) is 2.89. The molecule has 1 amide bonds. The lowest BCUT2D eigenvalue weighted by Gasteiger charge is -2.19. The Kier molecular flexibility index (Phi) is 3.72. The summed E-state index contributed by atoms with van der Waals surface area (Å²) in [4.78, 5) is 11.6. The standard InChI is InChI=1S/C14H17ClFNO2/c1-14(2,3)19-13(18)17-12-7-9(12)8-4-5-10(15)11(16)6-8/h4-6,9,12H,7H2,1-3H3,(H,17,18)/t9-,12+/m0/s1. The van der Waals surface area contributed by atoms with Gasteiger partial charge >= 0.3 is 6.09 Å². The van der Waals surface area contributed by atoms with Crippen LogP contribution in [0.4, 0.5) is 9.18 Å². The molecule has 0 heterocycles. The van der Waals surface area contributed by atoms with Crippen LogP contribution in [0.15, 0.2) is 18.2 Å². The minimum absolute atomic E-state index is 0.00965. The molecule has 1 saturated carbocycles. The molecular weight excluding hydrogens is 269 g/mol. The first-order valence-electron chi connectivity index (χ1n) is 6.21. The molecule has 2 rings (SSSR count). The van der Waals surface area contributed by atoms with E-state index in [1.165, 1.54) is 12.1 Å². The highest BCUT2D eigenvalue weighted by Crippen LogP contribution is 2.41. The maximum absolute atomic E-state index is 13.3. The molecule has 0 spiro atoms. The Morgan fingerprint density at radius 2 is 2.16 bits per heavy atom. The lowest BCUT2D eigenvalue weighted by atomic mass is 10.1. The molecule has 1 N–H and O–H groups in total. The van der Waals surface area contributed by atoms with Crippen LogP contribution in [0.3, 0.4) is 0 Å². The Bertz CT molecular complexity index is 499. The van der Waals surface area contributed by atoms with Crippen molar-refractivity contribution in [3.8, 4) is 0 Å². The maximum atomic E-state index is 13.3. The van der Waals surface area contributed by atoms with Gasteiger partial charge in [-0.1, -0.05) is 17.7 Å². The molecule has 0 saturated heterocycles. The lowest BCUT2D eigenvalue weighted by Crippen LogP contribution is -2.34. The minimum Gasteiger partial charge on any atom is -0.444 e. The van der Waals surface area contributed by atoms with Crippen LogP contribution in [0.25, 0.3) is 0 Å². The van der Waals surface area contributed by atoms with Gasteiger partial charge in [0.25, 0.3) is 0 Å². The van der Waals surface area contributed by atoms with Gasteiger partial charge in [-0.2, -0.15) is 0 Å². The van der Waals surface area contributed by atoms with Crippen LogP contribution in [-0.2, 0) is 4.74 Å². The van der Waals surface area contributed by atoms with Crippen LogP contribution in [0.5, 0.6) is 0 Å². The summed E-state index contributed by atoms with van der Waals surface area (Å²) in [6, 6.07) is 4.75. The summed E-state index contributed by atoms with van der Waals surface area (Å²) in [5.74, 6) is -0.290. The van der Waals surface area contributed by atoms with Crippen molar-refractivity contribution in [2.24, 2.45) is 0 Å². The van der Waals surface area contributed by atoms with Crippen molar-refractivity contribution in [3.63, 3.8) is 0 Å². The second kappa shape index (κ2) is 5.00. The molecular formula is C14H17ClFNO2. The number of halogens is 2. The fraction of sp³-hybridized carbons (Fsp3) is 0.500. The Morgan fingerprint density at radius 1 is 1.47 bits per heavy atom. The number of hydrogen-bond donors (Lipinski definition) is 1. The quantitative estimate of drug-likeness (QED) is 0.896. The van der Waals surface area contributed by atoms with Gasteiger partial charge in [0, 0.05) is 12.0 Å². The third kappa shape index (κ3) is 3.83. The van der Waals surface area contributed by atoms with E-state index in [0.29, 0.717) is 0 Å². The predicted molar refractivity (Wildman–Crippen MR) is 71.9 cm³/mol. The molecule has 0 unspecified atom stereocenters. The number of ether oxygens (including phenoxy) is 1.